The van der Waals surface area contributed by atoms with Crippen molar-refractivity contribution in [3.63, 3.8) is 0 Å². The van der Waals surface area contributed by atoms with Crippen LogP contribution in [0, 0.1) is 6.92 Å². The van der Waals surface area contributed by atoms with Crippen LogP contribution in [0.3, 0.4) is 0 Å². The monoisotopic (exact) mass is 409 g/mol. The Morgan fingerprint density at radius 3 is 2.73 bits per heavy atom. The minimum absolute atomic E-state index is 0.120. The summed E-state index contributed by atoms with van der Waals surface area (Å²) in [5, 5.41) is 14.2. The molecule has 0 aliphatic carbocycles. The Balaban J connectivity index is 1.74. The first kappa shape index (κ1) is 19.1. The molecule has 3 rings (SSSR count). The SMILES string of the molecule is COc1ccc(C)cc1S(=O)(=O)NCc1ccc(C(O)c2ccsc2)s1. The number of hydrogen-bond donors (Lipinski definition) is 2. The lowest BCUT2D eigenvalue weighted by Crippen LogP contribution is -2.23. The fourth-order valence-corrected chi connectivity index (χ4v) is 5.46. The minimum atomic E-state index is -3.71. The van der Waals surface area contributed by atoms with Gasteiger partial charge in [-0.3, -0.25) is 0 Å². The predicted molar refractivity (Wildman–Crippen MR) is 104 cm³/mol. The van der Waals surface area contributed by atoms with Crippen LogP contribution in [-0.4, -0.2) is 20.6 Å². The molecule has 8 heteroatoms. The number of sulfonamides is 1. The lowest BCUT2D eigenvalue weighted by atomic mass is 10.2. The van der Waals surface area contributed by atoms with E-state index in [-0.39, 0.29) is 11.4 Å². The van der Waals surface area contributed by atoms with Crippen molar-refractivity contribution in [2.75, 3.05) is 7.11 Å². The molecule has 2 aromatic heterocycles. The molecular weight excluding hydrogens is 390 g/mol. The van der Waals surface area contributed by atoms with E-state index in [2.05, 4.69) is 4.72 Å². The topological polar surface area (TPSA) is 75.6 Å². The molecule has 1 atom stereocenters. The van der Waals surface area contributed by atoms with E-state index in [0.717, 1.165) is 20.9 Å². The van der Waals surface area contributed by atoms with E-state index in [1.165, 1.54) is 29.8 Å². The van der Waals surface area contributed by atoms with Gasteiger partial charge in [-0.1, -0.05) is 6.07 Å². The Morgan fingerprint density at radius 2 is 2.04 bits per heavy atom. The zero-order valence-corrected chi connectivity index (χ0v) is 16.7. The average Bonchev–Trinajstić information content (AvgIpc) is 3.31. The van der Waals surface area contributed by atoms with Crippen molar-refractivity contribution in [2.24, 2.45) is 0 Å². The number of hydrogen-bond acceptors (Lipinski definition) is 6. The van der Waals surface area contributed by atoms with Crippen LogP contribution in [0.15, 0.2) is 52.1 Å². The molecule has 0 amide bonds. The second-order valence-corrected chi connectivity index (χ2v) is 9.46. The number of rotatable bonds is 7. The summed E-state index contributed by atoms with van der Waals surface area (Å²) in [6.07, 6.45) is -0.687. The fraction of sp³-hybridized carbons (Fsp3) is 0.222. The van der Waals surface area contributed by atoms with Gasteiger partial charge in [-0.05, 0) is 59.1 Å². The van der Waals surface area contributed by atoms with E-state index in [1.54, 1.807) is 18.2 Å². The highest BCUT2D eigenvalue weighted by Gasteiger charge is 2.20. The summed E-state index contributed by atoms with van der Waals surface area (Å²) in [4.78, 5) is 1.73. The second-order valence-electron chi connectivity index (χ2n) is 5.74. The van der Waals surface area contributed by atoms with Crippen molar-refractivity contribution in [1.29, 1.82) is 0 Å². The summed E-state index contributed by atoms with van der Waals surface area (Å²) in [7, 11) is -2.26. The molecular formula is C18H19NO4S3. The molecule has 5 nitrogen and oxygen atoms in total. The van der Waals surface area contributed by atoms with E-state index in [4.69, 9.17) is 4.74 Å². The summed E-state index contributed by atoms with van der Waals surface area (Å²) in [6.45, 7) is 1.98. The standard InChI is InChI=1S/C18H19NO4S3/c1-12-3-5-15(23-2)17(9-12)26(21,22)19-10-14-4-6-16(25-14)18(20)13-7-8-24-11-13/h3-9,11,18-20H,10H2,1-2H3. The van der Waals surface area contributed by atoms with E-state index < -0.39 is 16.1 Å². The minimum Gasteiger partial charge on any atom is -0.495 e. The average molecular weight is 410 g/mol. The van der Waals surface area contributed by atoms with Gasteiger partial charge < -0.3 is 9.84 Å². The molecule has 26 heavy (non-hydrogen) atoms. The van der Waals surface area contributed by atoms with Crippen LogP contribution >= 0.6 is 22.7 Å². The molecule has 0 spiro atoms. The third kappa shape index (κ3) is 4.16. The maximum Gasteiger partial charge on any atom is 0.244 e. The van der Waals surface area contributed by atoms with Crippen molar-refractivity contribution < 1.29 is 18.3 Å². The Morgan fingerprint density at radius 1 is 1.23 bits per heavy atom. The van der Waals surface area contributed by atoms with Gasteiger partial charge in [-0.15, -0.1) is 11.3 Å². The number of nitrogens with one attached hydrogen (secondary N) is 1. The highest BCUT2D eigenvalue weighted by atomic mass is 32.2. The van der Waals surface area contributed by atoms with Crippen molar-refractivity contribution in [3.8, 4) is 5.75 Å². The predicted octanol–water partition coefficient (Wildman–Crippen LogP) is 3.69. The van der Waals surface area contributed by atoms with Gasteiger partial charge >= 0.3 is 0 Å². The van der Waals surface area contributed by atoms with Crippen molar-refractivity contribution in [3.05, 3.63) is 68.0 Å². The van der Waals surface area contributed by atoms with Gasteiger partial charge in [-0.25, -0.2) is 13.1 Å². The number of aliphatic hydroxyl groups excluding tert-OH is 1. The van der Waals surface area contributed by atoms with Gasteiger partial charge in [0.15, 0.2) is 0 Å². The molecule has 3 aromatic rings. The molecule has 0 aliphatic rings. The number of benzene rings is 1. The van der Waals surface area contributed by atoms with E-state index in [1.807, 2.05) is 35.9 Å². The van der Waals surface area contributed by atoms with Gasteiger partial charge in [0.25, 0.3) is 0 Å². The summed E-state index contributed by atoms with van der Waals surface area (Å²) in [5.74, 6) is 0.308. The highest BCUT2D eigenvalue weighted by molar-refractivity contribution is 7.89. The molecule has 2 heterocycles. The Bertz CT molecular complexity index is 978. The lowest BCUT2D eigenvalue weighted by molar-refractivity contribution is 0.224. The van der Waals surface area contributed by atoms with Crippen molar-refractivity contribution >= 4 is 32.7 Å². The molecule has 0 saturated heterocycles. The molecule has 1 unspecified atom stereocenters. The lowest BCUT2D eigenvalue weighted by Gasteiger charge is -2.11. The molecule has 1 aromatic carbocycles. The van der Waals surface area contributed by atoms with Crippen LogP contribution in [0.5, 0.6) is 5.75 Å². The first-order chi connectivity index (χ1) is 12.4. The number of thiophene rings is 2. The summed E-state index contributed by atoms with van der Waals surface area (Å²) >= 11 is 2.91. The quantitative estimate of drug-likeness (QED) is 0.624. The number of aryl methyl sites for hydroxylation is 1. The van der Waals surface area contributed by atoms with Gasteiger partial charge in [-0.2, -0.15) is 11.3 Å². The number of ether oxygens (including phenoxy) is 1. The number of aliphatic hydroxyl groups is 1. The molecule has 0 bridgehead atoms. The van der Waals surface area contributed by atoms with Crippen LogP contribution in [0.1, 0.15) is 27.0 Å². The van der Waals surface area contributed by atoms with Gasteiger partial charge in [0.2, 0.25) is 10.0 Å². The first-order valence-corrected chi connectivity index (χ1v) is 11.1. The molecule has 0 fully saturated rings. The van der Waals surface area contributed by atoms with E-state index in [9.17, 15) is 13.5 Å². The van der Waals surface area contributed by atoms with Crippen LogP contribution < -0.4 is 9.46 Å². The van der Waals surface area contributed by atoms with Crippen LogP contribution in [-0.2, 0) is 16.6 Å². The largest absolute Gasteiger partial charge is 0.495 e. The maximum absolute atomic E-state index is 12.6. The van der Waals surface area contributed by atoms with E-state index in [0.29, 0.717) is 5.75 Å². The van der Waals surface area contributed by atoms with Gasteiger partial charge in [0, 0.05) is 16.3 Å². The zero-order chi connectivity index (χ0) is 18.7. The molecule has 2 N–H and O–H groups in total. The number of methoxy groups -OCH3 is 1. The summed E-state index contributed by atoms with van der Waals surface area (Å²) < 4.78 is 33.0. The third-order valence-corrected chi connectivity index (χ3v) is 7.12. The normalized spacial score (nSPS) is 12.9. The zero-order valence-electron chi connectivity index (χ0n) is 14.3. The maximum atomic E-state index is 12.6. The highest BCUT2D eigenvalue weighted by Crippen LogP contribution is 2.30. The summed E-state index contributed by atoms with van der Waals surface area (Å²) in [5.41, 5.74) is 1.68. The van der Waals surface area contributed by atoms with Gasteiger partial charge in [0.1, 0.15) is 16.7 Å². The van der Waals surface area contributed by atoms with Crippen LogP contribution in [0.2, 0.25) is 0 Å². The van der Waals surface area contributed by atoms with E-state index >= 15 is 0 Å². The fourth-order valence-electron chi connectivity index (χ4n) is 2.47. The van der Waals surface area contributed by atoms with Gasteiger partial charge in [0.05, 0.1) is 7.11 Å². The summed E-state index contributed by atoms with van der Waals surface area (Å²) in [6, 6.07) is 10.6. The molecule has 0 saturated carbocycles. The Hall–Kier alpha value is -1.71. The second kappa shape index (κ2) is 7.89. The smallest absolute Gasteiger partial charge is 0.244 e. The van der Waals surface area contributed by atoms with Crippen LogP contribution in [0.4, 0.5) is 0 Å². The molecule has 0 radical (unpaired) electrons. The Kier molecular flexibility index (Phi) is 5.79. The third-order valence-electron chi connectivity index (χ3n) is 3.86. The van der Waals surface area contributed by atoms with Crippen molar-refractivity contribution in [1.82, 2.24) is 4.72 Å². The Labute approximate surface area is 161 Å². The van der Waals surface area contributed by atoms with Crippen LogP contribution in [0.25, 0.3) is 0 Å². The van der Waals surface area contributed by atoms with Crippen molar-refractivity contribution in [2.45, 2.75) is 24.5 Å². The first-order valence-electron chi connectivity index (χ1n) is 7.84. The molecule has 0 aliphatic heterocycles. The molecule has 138 valence electrons.